The highest BCUT2D eigenvalue weighted by atomic mass is 32.2. The SMILES string of the molecule is NCC(NC(=O)CC1CCSCC1)C1CC1. The summed E-state index contributed by atoms with van der Waals surface area (Å²) < 4.78 is 0. The molecule has 3 N–H and O–H groups in total. The molecule has 2 rings (SSSR count). The van der Waals surface area contributed by atoms with Crippen molar-refractivity contribution in [1.82, 2.24) is 5.32 Å². The van der Waals surface area contributed by atoms with Gasteiger partial charge in [0.25, 0.3) is 0 Å². The minimum atomic E-state index is 0.222. The van der Waals surface area contributed by atoms with E-state index in [1.165, 1.54) is 37.2 Å². The van der Waals surface area contributed by atoms with Crippen molar-refractivity contribution in [3.8, 4) is 0 Å². The normalized spacial score (nSPS) is 24.1. The minimum absolute atomic E-state index is 0.222. The fourth-order valence-electron chi connectivity index (χ4n) is 2.35. The highest BCUT2D eigenvalue weighted by Crippen LogP contribution is 2.32. The number of carbonyl (C=O) groups is 1. The van der Waals surface area contributed by atoms with E-state index in [2.05, 4.69) is 5.32 Å². The lowest BCUT2D eigenvalue weighted by molar-refractivity contribution is -0.122. The third-order valence-electron chi connectivity index (χ3n) is 3.61. The third-order valence-corrected chi connectivity index (χ3v) is 4.66. The zero-order valence-electron chi connectivity index (χ0n) is 9.78. The summed E-state index contributed by atoms with van der Waals surface area (Å²) in [6, 6.07) is 0.241. The first kappa shape index (κ1) is 12.2. The van der Waals surface area contributed by atoms with Crippen LogP contribution < -0.4 is 11.1 Å². The fourth-order valence-corrected chi connectivity index (χ4v) is 3.55. The zero-order valence-corrected chi connectivity index (χ0v) is 10.6. The molecule has 92 valence electrons. The molecule has 0 radical (unpaired) electrons. The van der Waals surface area contributed by atoms with Crippen LogP contribution in [0.2, 0.25) is 0 Å². The van der Waals surface area contributed by atoms with Gasteiger partial charge in [0.1, 0.15) is 0 Å². The van der Waals surface area contributed by atoms with Crippen LogP contribution in [0.5, 0.6) is 0 Å². The van der Waals surface area contributed by atoms with E-state index >= 15 is 0 Å². The topological polar surface area (TPSA) is 55.1 Å². The summed E-state index contributed by atoms with van der Waals surface area (Å²) >= 11 is 2.01. The first-order valence-electron chi connectivity index (χ1n) is 6.36. The van der Waals surface area contributed by atoms with Crippen molar-refractivity contribution in [2.75, 3.05) is 18.1 Å². The van der Waals surface area contributed by atoms with Crippen molar-refractivity contribution in [2.24, 2.45) is 17.6 Å². The maximum atomic E-state index is 11.8. The van der Waals surface area contributed by atoms with Crippen LogP contribution >= 0.6 is 11.8 Å². The number of hydrogen-bond acceptors (Lipinski definition) is 3. The average Bonchev–Trinajstić information content (AvgIpc) is 3.11. The molecule has 0 aromatic heterocycles. The Morgan fingerprint density at radius 1 is 1.31 bits per heavy atom. The Hall–Kier alpha value is -0.220. The Labute approximate surface area is 102 Å². The molecule has 1 aliphatic carbocycles. The van der Waals surface area contributed by atoms with Gasteiger partial charge >= 0.3 is 0 Å². The van der Waals surface area contributed by atoms with Crippen molar-refractivity contribution >= 4 is 17.7 Å². The van der Waals surface area contributed by atoms with Crippen molar-refractivity contribution in [3.05, 3.63) is 0 Å². The summed E-state index contributed by atoms with van der Waals surface area (Å²) in [6.07, 6.45) is 5.60. The molecule has 1 aliphatic heterocycles. The van der Waals surface area contributed by atoms with Crippen LogP contribution in [0.25, 0.3) is 0 Å². The largest absolute Gasteiger partial charge is 0.352 e. The number of thioether (sulfide) groups is 1. The molecule has 3 nitrogen and oxygen atoms in total. The lowest BCUT2D eigenvalue weighted by atomic mass is 9.98. The monoisotopic (exact) mass is 242 g/mol. The lowest BCUT2D eigenvalue weighted by Gasteiger charge is -2.22. The minimum Gasteiger partial charge on any atom is -0.352 e. The van der Waals surface area contributed by atoms with E-state index in [4.69, 9.17) is 5.73 Å². The molecule has 1 amide bonds. The number of hydrogen-bond donors (Lipinski definition) is 2. The van der Waals surface area contributed by atoms with Crippen LogP contribution in [0.4, 0.5) is 0 Å². The van der Waals surface area contributed by atoms with Gasteiger partial charge in [-0.3, -0.25) is 4.79 Å². The summed E-state index contributed by atoms with van der Waals surface area (Å²) in [5, 5.41) is 3.11. The van der Waals surface area contributed by atoms with Crippen LogP contribution in [-0.4, -0.2) is 30.0 Å². The van der Waals surface area contributed by atoms with Gasteiger partial charge in [-0.2, -0.15) is 11.8 Å². The molecule has 2 fully saturated rings. The van der Waals surface area contributed by atoms with E-state index in [1.807, 2.05) is 11.8 Å². The molecule has 0 aromatic carbocycles. The molecule has 16 heavy (non-hydrogen) atoms. The predicted molar refractivity (Wildman–Crippen MR) is 68.4 cm³/mol. The number of carbonyl (C=O) groups excluding carboxylic acids is 1. The summed E-state index contributed by atoms with van der Waals surface area (Å²) in [5.74, 6) is 3.94. The molecule has 2 aliphatic rings. The van der Waals surface area contributed by atoms with Gasteiger partial charge in [0.05, 0.1) is 0 Å². The van der Waals surface area contributed by atoms with Gasteiger partial charge in [-0.25, -0.2) is 0 Å². The van der Waals surface area contributed by atoms with Crippen molar-refractivity contribution < 1.29 is 4.79 Å². The first-order valence-corrected chi connectivity index (χ1v) is 7.52. The summed E-state index contributed by atoms with van der Waals surface area (Å²) in [6.45, 7) is 0.594. The maximum absolute atomic E-state index is 11.8. The Morgan fingerprint density at radius 3 is 2.56 bits per heavy atom. The van der Waals surface area contributed by atoms with Gasteiger partial charge in [0, 0.05) is 19.0 Å². The molecule has 4 heteroatoms. The Morgan fingerprint density at radius 2 is 2.00 bits per heavy atom. The number of nitrogens with two attached hydrogens (primary N) is 1. The van der Waals surface area contributed by atoms with Crippen LogP contribution in [-0.2, 0) is 4.79 Å². The predicted octanol–water partition coefficient (Wildman–Crippen LogP) is 1.37. The quantitative estimate of drug-likeness (QED) is 0.765. The Bertz CT molecular complexity index is 237. The molecule has 1 heterocycles. The van der Waals surface area contributed by atoms with Crippen molar-refractivity contribution in [2.45, 2.75) is 38.1 Å². The molecule has 1 saturated carbocycles. The standard InChI is InChI=1S/C12H22N2OS/c13-8-11(10-1-2-10)14-12(15)7-9-3-5-16-6-4-9/h9-11H,1-8,13H2,(H,14,15). The van der Waals surface area contributed by atoms with E-state index in [1.54, 1.807) is 0 Å². The number of nitrogens with one attached hydrogen (secondary N) is 1. The molecule has 0 aromatic rings. The molecule has 1 atom stereocenters. The molecular weight excluding hydrogens is 220 g/mol. The van der Waals surface area contributed by atoms with Gasteiger partial charge < -0.3 is 11.1 Å². The van der Waals surface area contributed by atoms with E-state index in [-0.39, 0.29) is 11.9 Å². The average molecular weight is 242 g/mol. The van der Waals surface area contributed by atoms with Gasteiger partial charge in [-0.05, 0) is 49.0 Å². The molecule has 1 unspecified atom stereocenters. The van der Waals surface area contributed by atoms with E-state index in [0.29, 0.717) is 24.8 Å². The van der Waals surface area contributed by atoms with Gasteiger partial charge in [0.15, 0.2) is 0 Å². The van der Waals surface area contributed by atoms with Gasteiger partial charge in [-0.1, -0.05) is 0 Å². The van der Waals surface area contributed by atoms with Crippen LogP contribution in [0.1, 0.15) is 32.1 Å². The molecular formula is C12H22N2OS. The first-order chi connectivity index (χ1) is 7.79. The summed E-state index contributed by atoms with van der Waals surface area (Å²) in [7, 11) is 0. The highest BCUT2D eigenvalue weighted by Gasteiger charge is 2.31. The van der Waals surface area contributed by atoms with Crippen LogP contribution in [0.3, 0.4) is 0 Å². The van der Waals surface area contributed by atoms with Crippen molar-refractivity contribution in [1.29, 1.82) is 0 Å². The fraction of sp³-hybridized carbons (Fsp3) is 0.917. The van der Waals surface area contributed by atoms with E-state index < -0.39 is 0 Å². The molecule has 1 saturated heterocycles. The number of amides is 1. The summed E-state index contributed by atoms with van der Waals surface area (Å²) in [5.41, 5.74) is 5.68. The second-order valence-electron chi connectivity index (χ2n) is 5.01. The Kier molecular flexibility index (Phi) is 4.53. The summed E-state index contributed by atoms with van der Waals surface area (Å²) in [4.78, 5) is 11.8. The van der Waals surface area contributed by atoms with E-state index in [0.717, 1.165) is 0 Å². The van der Waals surface area contributed by atoms with Gasteiger partial charge in [0.2, 0.25) is 5.91 Å². The van der Waals surface area contributed by atoms with Crippen LogP contribution in [0.15, 0.2) is 0 Å². The second kappa shape index (κ2) is 5.92. The van der Waals surface area contributed by atoms with E-state index in [9.17, 15) is 4.79 Å². The Balaban J connectivity index is 1.69. The van der Waals surface area contributed by atoms with Gasteiger partial charge in [-0.15, -0.1) is 0 Å². The highest BCUT2D eigenvalue weighted by molar-refractivity contribution is 7.99. The van der Waals surface area contributed by atoms with Crippen LogP contribution in [0, 0.1) is 11.8 Å². The second-order valence-corrected chi connectivity index (χ2v) is 6.23. The lowest BCUT2D eigenvalue weighted by Crippen LogP contribution is -2.42. The smallest absolute Gasteiger partial charge is 0.220 e. The maximum Gasteiger partial charge on any atom is 0.220 e. The molecule has 0 spiro atoms. The molecule has 0 bridgehead atoms. The zero-order chi connectivity index (χ0) is 11.4. The van der Waals surface area contributed by atoms with Crippen molar-refractivity contribution in [3.63, 3.8) is 0 Å². The number of rotatable bonds is 5. The third kappa shape index (κ3) is 3.67.